The summed E-state index contributed by atoms with van der Waals surface area (Å²) in [6.45, 7) is 0. The molecule has 0 radical (unpaired) electrons. The number of benzene rings is 1. The van der Waals surface area contributed by atoms with Gasteiger partial charge in [-0.05, 0) is 46.3 Å². The number of carbonyl (C=O) groups is 1. The van der Waals surface area contributed by atoms with Crippen LogP contribution in [0.2, 0.25) is 0 Å². The predicted molar refractivity (Wildman–Crippen MR) is 66.3 cm³/mol. The summed E-state index contributed by atoms with van der Waals surface area (Å²) in [7, 11) is 0. The Morgan fingerprint density at radius 2 is 1.94 bits per heavy atom. The van der Waals surface area contributed by atoms with Gasteiger partial charge in [0.2, 0.25) is 0 Å². The number of nitrogens with one attached hydrogen (secondary N) is 1. The van der Waals surface area contributed by atoms with Crippen LogP contribution in [-0.2, 0) is 0 Å². The van der Waals surface area contributed by atoms with Gasteiger partial charge in [-0.3, -0.25) is 9.78 Å². The van der Waals surface area contributed by atoms with E-state index in [0.29, 0.717) is 10.2 Å². The van der Waals surface area contributed by atoms with Gasteiger partial charge in [-0.2, -0.15) is 0 Å². The van der Waals surface area contributed by atoms with E-state index in [1.165, 1.54) is 12.1 Å². The van der Waals surface area contributed by atoms with Crippen LogP contribution in [0.5, 0.6) is 0 Å². The van der Waals surface area contributed by atoms with Crippen LogP contribution in [-0.4, -0.2) is 10.9 Å². The quantitative estimate of drug-likeness (QED) is 0.924. The van der Waals surface area contributed by atoms with Crippen LogP contribution in [0.15, 0.2) is 47.2 Å². The molecule has 1 N–H and O–H groups in total. The number of pyridine rings is 1. The van der Waals surface area contributed by atoms with Gasteiger partial charge in [0.1, 0.15) is 5.82 Å². The highest BCUT2D eigenvalue weighted by molar-refractivity contribution is 9.10. The lowest BCUT2D eigenvalue weighted by Gasteiger charge is -2.05. The zero-order valence-electron chi connectivity index (χ0n) is 8.65. The fraction of sp³-hybridized carbons (Fsp3) is 0. The number of halogens is 2. The summed E-state index contributed by atoms with van der Waals surface area (Å²) in [6, 6.07) is 7.54. The summed E-state index contributed by atoms with van der Waals surface area (Å²) >= 11 is 3.03. The standard InChI is InChI=1S/C12H8BrFN2O/c13-10-2-1-8(7-11(10)14)12(17)16-9-3-5-15-6-4-9/h1-7H,(H,15,16,17). The second-order valence-electron chi connectivity index (χ2n) is 3.32. The Hall–Kier alpha value is -1.75. The fourth-order valence-corrected chi connectivity index (χ4v) is 1.52. The average molecular weight is 295 g/mol. The number of amides is 1. The van der Waals surface area contributed by atoms with E-state index in [1.807, 2.05) is 0 Å². The van der Waals surface area contributed by atoms with Gasteiger partial charge in [-0.25, -0.2) is 4.39 Å². The first-order valence-corrected chi connectivity index (χ1v) is 5.62. The second-order valence-corrected chi connectivity index (χ2v) is 4.17. The summed E-state index contributed by atoms with van der Waals surface area (Å²) in [4.78, 5) is 15.6. The molecule has 0 aliphatic carbocycles. The number of aromatic nitrogens is 1. The van der Waals surface area contributed by atoms with Crippen molar-refractivity contribution in [3.8, 4) is 0 Å². The van der Waals surface area contributed by atoms with Gasteiger partial charge < -0.3 is 5.32 Å². The smallest absolute Gasteiger partial charge is 0.255 e. The average Bonchev–Trinajstić information content (AvgIpc) is 2.34. The second kappa shape index (κ2) is 5.05. The molecular formula is C12H8BrFN2O. The van der Waals surface area contributed by atoms with E-state index in [-0.39, 0.29) is 11.5 Å². The summed E-state index contributed by atoms with van der Waals surface area (Å²) in [6.07, 6.45) is 3.13. The molecule has 0 bridgehead atoms. The molecule has 1 aromatic carbocycles. The molecule has 5 heteroatoms. The first kappa shape index (κ1) is 11.7. The Morgan fingerprint density at radius 1 is 1.24 bits per heavy atom. The molecule has 0 aliphatic rings. The third kappa shape index (κ3) is 2.88. The first-order valence-electron chi connectivity index (χ1n) is 4.83. The molecule has 2 aromatic rings. The molecule has 0 spiro atoms. The van der Waals surface area contributed by atoms with E-state index in [0.717, 1.165) is 0 Å². The van der Waals surface area contributed by atoms with Crippen molar-refractivity contribution >= 4 is 27.5 Å². The van der Waals surface area contributed by atoms with Crippen molar-refractivity contribution in [2.45, 2.75) is 0 Å². The Morgan fingerprint density at radius 3 is 2.59 bits per heavy atom. The van der Waals surface area contributed by atoms with Crippen molar-refractivity contribution in [3.05, 3.63) is 58.6 Å². The zero-order valence-corrected chi connectivity index (χ0v) is 10.2. The van der Waals surface area contributed by atoms with Crippen molar-refractivity contribution in [2.75, 3.05) is 5.32 Å². The number of anilines is 1. The van der Waals surface area contributed by atoms with E-state index < -0.39 is 5.82 Å². The third-order valence-corrected chi connectivity index (χ3v) is 2.76. The van der Waals surface area contributed by atoms with Crippen molar-refractivity contribution in [3.63, 3.8) is 0 Å². The zero-order chi connectivity index (χ0) is 12.3. The molecular weight excluding hydrogens is 287 g/mol. The van der Waals surface area contributed by atoms with Crippen LogP contribution in [0.25, 0.3) is 0 Å². The van der Waals surface area contributed by atoms with Gasteiger partial charge in [0.05, 0.1) is 4.47 Å². The highest BCUT2D eigenvalue weighted by atomic mass is 79.9. The summed E-state index contributed by atoms with van der Waals surface area (Å²) in [5, 5.41) is 2.64. The van der Waals surface area contributed by atoms with Crippen LogP contribution in [0.4, 0.5) is 10.1 Å². The first-order chi connectivity index (χ1) is 8.16. The van der Waals surface area contributed by atoms with E-state index in [1.54, 1.807) is 30.6 Å². The lowest BCUT2D eigenvalue weighted by Crippen LogP contribution is -2.12. The maximum Gasteiger partial charge on any atom is 0.255 e. The van der Waals surface area contributed by atoms with E-state index in [2.05, 4.69) is 26.2 Å². The molecule has 2 rings (SSSR count). The van der Waals surface area contributed by atoms with Crippen molar-refractivity contribution in [1.82, 2.24) is 4.98 Å². The van der Waals surface area contributed by atoms with Gasteiger partial charge in [0.25, 0.3) is 5.91 Å². The maximum atomic E-state index is 13.2. The van der Waals surface area contributed by atoms with Crippen LogP contribution in [0, 0.1) is 5.82 Å². The van der Waals surface area contributed by atoms with Crippen LogP contribution >= 0.6 is 15.9 Å². The molecule has 17 heavy (non-hydrogen) atoms. The molecule has 1 heterocycles. The van der Waals surface area contributed by atoms with Gasteiger partial charge in [-0.15, -0.1) is 0 Å². The number of hydrogen-bond donors (Lipinski definition) is 1. The van der Waals surface area contributed by atoms with Crippen molar-refractivity contribution in [1.29, 1.82) is 0 Å². The number of rotatable bonds is 2. The molecule has 1 aromatic heterocycles. The normalized spacial score (nSPS) is 10.0. The van der Waals surface area contributed by atoms with Crippen LogP contribution < -0.4 is 5.32 Å². The van der Waals surface area contributed by atoms with Crippen molar-refractivity contribution in [2.24, 2.45) is 0 Å². The summed E-state index contributed by atoms with van der Waals surface area (Å²) in [5.41, 5.74) is 0.885. The van der Waals surface area contributed by atoms with Gasteiger partial charge in [0.15, 0.2) is 0 Å². The Kier molecular flexibility index (Phi) is 3.49. The molecule has 0 saturated heterocycles. The molecule has 0 saturated carbocycles. The van der Waals surface area contributed by atoms with E-state index in [4.69, 9.17) is 0 Å². The Bertz CT molecular complexity index is 545. The topological polar surface area (TPSA) is 42.0 Å². The molecule has 0 fully saturated rings. The minimum absolute atomic E-state index is 0.266. The minimum atomic E-state index is -0.465. The predicted octanol–water partition coefficient (Wildman–Crippen LogP) is 3.24. The largest absolute Gasteiger partial charge is 0.322 e. The highest BCUT2D eigenvalue weighted by Gasteiger charge is 2.08. The van der Waals surface area contributed by atoms with Gasteiger partial charge in [-0.1, -0.05) is 0 Å². The fourth-order valence-electron chi connectivity index (χ4n) is 1.28. The Labute approximate surface area is 106 Å². The maximum absolute atomic E-state index is 13.2. The molecule has 0 aliphatic heterocycles. The van der Waals surface area contributed by atoms with Crippen LogP contribution in [0.1, 0.15) is 10.4 Å². The van der Waals surface area contributed by atoms with E-state index >= 15 is 0 Å². The molecule has 86 valence electrons. The lowest BCUT2D eigenvalue weighted by atomic mass is 10.2. The molecule has 1 amide bonds. The monoisotopic (exact) mass is 294 g/mol. The number of carbonyl (C=O) groups excluding carboxylic acids is 1. The molecule has 3 nitrogen and oxygen atoms in total. The SMILES string of the molecule is O=C(Nc1ccncc1)c1ccc(Br)c(F)c1. The van der Waals surface area contributed by atoms with Crippen molar-refractivity contribution < 1.29 is 9.18 Å². The van der Waals surface area contributed by atoms with E-state index in [9.17, 15) is 9.18 Å². The molecule has 0 atom stereocenters. The van der Waals surface area contributed by atoms with Crippen LogP contribution in [0.3, 0.4) is 0 Å². The highest BCUT2D eigenvalue weighted by Crippen LogP contribution is 2.17. The number of nitrogens with zero attached hydrogens (tertiary/aromatic N) is 1. The van der Waals surface area contributed by atoms with Gasteiger partial charge in [0, 0.05) is 23.6 Å². The Balaban J connectivity index is 2.18. The third-order valence-electron chi connectivity index (χ3n) is 2.12. The minimum Gasteiger partial charge on any atom is -0.322 e. The summed E-state index contributed by atoms with van der Waals surface area (Å²) < 4.78 is 13.6. The lowest BCUT2D eigenvalue weighted by molar-refractivity contribution is 0.102. The number of hydrogen-bond acceptors (Lipinski definition) is 2. The summed E-state index contributed by atoms with van der Waals surface area (Å²) in [5.74, 6) is -0.824. The molecule has 0 unspecified atom stereocenters. The van der Waals surface area contributed by atoms with Gasteiger partial charge >= 0.3 is 0 Å².